The highest BCUT2D eigenvalue weighted by molar-refractivity contribution is 14.1. The molecule has 0 atom stereocenters. The number of nitro groups is 1. The number of nitro benzene ring substituents is 1. The number of halogens is 2. The summed E-state index contributed by atoms with van der Waals surface area (Å²) in [4.78, 5) is 10.1. The minimum absolute atomic E-state index is 0.0602. The van der Waals surface area contributed by atoms with Crippen LogP contribution >= 0.6 is 34.2 Å². The van der Waals surface area contributed by atoms with E-state index in [1.165, 1.54) is 18.2 Å². The van der Waals surface area contributed by atoms with Crippen LogP contribution in [-0.4, -0.2) is 4.92 Å². The highest BCUT2D eigenvalue weighted by Crippen LogP contribution is 2.32. The van der Waals surface area contributed by atoms with Gasteiger partial charge in [0.1, 0.15) is 11.5 Å². The molecule has 0 saturated carbocycles. The van der Waals surface area contributed by atoms with Crippen molar-refractivity contribution in [1.82, 2.24) is 0 Å². The van der Waals surface area contributed by atoms with Gasteiger partial charge in [0.05, 0.1) is 9.95 Å². The fraction of sp³-hybridized carbons (Fsp3) is 0. The van der Waals surface area contributed by atoms with E-state index in [0.717, 1.165) is 3.57 Å². The summed E-state index contributed by atoms with van der Waals surface area (Å²) >= 11 is 8.11. The fourth-order valence-corrected chi connectivity index (χ4v) is 1.89. The molecule has 0 aromatic heterocycles. The molecule has 0 heterocycles. The van der Waals surface area contributed by atoms with E-state index in [-0.39, 0.29) is 10.7 Å². The Morgan fingerprint density at radius 2 is 1.83 bits per heavy atom. The minimum atomic E-state index is -0.499. The molecule has 0 bridgehead atoms. The number of non-ortho nitro benzene ring substituents is 1. The number of rotatable bonds is 3. The van der Waals surface area contributed by atoms with E-state index >= 15 is 0 Å². The lowest BCUT2D eigenvalue weighted by molar-refractivity contribution is -0.384. The molecule has 18 heavy (non-hydrogen) atoms. The summed E-state index contributed by atoms with van der Waals surface area (Å²) in [7, 11) is 0. The van der Waals surface area contributed by atoms with Crippen LogP contribution in [0.15, 0.2) is 42.5 Å². The molecule has 0 N–H and O–H groups in total. The first kappa shape index (κ1) is 13.1. The highest BCUT2D eigenvalue weighted by atomic mass is 127. The van der Waals surface area contributed by atoms with Gasteiger partial charge >= 0.3 is 0 Å². The van der Waals surface area contributed by atoms with Crippen molar-refractivity contribution in [3.05, 3.63) is 61.2 Å². The molecule has 2 rings (SSSR count). The second-order valence-corrected chi connectivity index (χ2v) is 5.08. The standard InChI is InChI=1S/C12H7ClINO3/c13-11-7-9(15(16)17)3-6-12(11)18-10-4-1-8(14)2-5-10/h1-7H. The smallest absolute Gasteiger partial charge is 0.271 e. The molecule has 4 nitrogen and oxygen atoms in total. The van der Waals surface area contributed by atoms with Gasteiger partial charge in [-0.2, -0.15) is 0 Å². The van der Waals surface area contributed by atoms with E-state index in [1.54, 1.807) is 12.1 Å². The SMILES string of the molecule is O=[N+]([O-])c1ccc(Oc2ccc(I)cc2)c(Cl)c1. The molecule has 0 unspecified atom stereocenters. The van der Waals surface area contributed by atoms with Crippen molar-refractivity contribution in [2.45, 2.75) is 0 Å². The van der Waals surface area contributed by atoms with E-state index in [0.29, 0.717) is 11.5 Å². The molecule has 0 aliphatic rings. The predicted octanol–water partition coefficient (Wildman–Crippen LogP) is 4.65. The molecule has 6 heteroatoms. The second kappa shape index (κ2) is 5.53. The van der Waals surface area contributed by atoms with Gasteiger partial charge in [0.2, 0.25) is 0 Å². The topological polar surface area (TPSA) is 52.4 Å². The minimum Gasteiger partial charge on any atom is -0.456 e. The van der Waals surface area contributed by atoms with Gasteiger partial charge in [0.15, 0.2) is 0 Å². The lowest BCUT2D eigenvalue weighted by atomic mass is 10.3. The normalized spacial score (nSPS) is 10.1. The lowest BCUT2D eigenvalue weighted by Gasteiger charge is -2.07. The van der Waals surface area contributed by atoms with Crippen molar-refractivity contribution < 1.29 is 9.66 Å². The molecule has 0 fully saturated rings. The van der Waals surface area contributed by atoms with Crippen LogP contribution in [0.5, 0.6) is 11.5 Å². The Hall–Kier alpha value is -1.34. The van der Waals surface area contributed by atoms with E-state index in [2.05, 4.69) is 22.6 Å². The third-order valence-electron chi connectivity index (χ3n) is 2.17. The second-order valence-electron chi connectivity index (χ2n) is 3.43. The number of ether oxygens (including phenoxy) is 1. The van der Waals surface area contributed by atoms with Crippen LogP contribution in [0.1, 0.15) is 0 Å². The molecule has 0 aliphatic carbocycles. The Balaban J connectivity index is 2.24. The van der Waals surface area contributed by atoms with E-state index in [4.69, 9.17) is 16.3 Å². The van der Waals surface area contributed by atoms with Gasteiger partial charge < -0.3 is 4.74 Å². The first-order valence-corrected chi connectivity index (χ1v) is 6.39. The predicted molar refractivity (Wildman–Crippen MR) is 77.3 cm³/mol. The van der Waals surface area contributed by atoms with Crippen molar-refractivity contribution in [2.75, 3.05) is 0 Å². The van der Waals surface area contributed by atoms with Gasteiger partial charge in [-0.15, -0.1) is 0 Å². The quantitative estimate of drug-likeness (QED) is 0.446. The maximum absolute atomic E-state index is 10.6. The van der Waals surface area contributed by atoms with Crippen LogP contribution in [0, 0.1) is 13.7 Å². The van der Waals surface area contributed by atoms with Crippen molar-refractivity contribution in [2.24, 2.45) is 0 Å². The van der Waals surface area contributed by atoms with Crippen molar-refractivity contribution in [3.63, 3.8) is 0 Å². The first-order chi connectivity index (χ1) is 8.56. The van der Waals surface area contributed by atoms with Crippen LogP contribution in [0.25, 0.3) is 0 Å². The number of benzene rings is 2. The summed E-state index contributed by atoms with van der Waals surface area (Å²) in [5.74, 6) is 1.02. The Bertz CT molecular complexity index is 586. The molecule has 92 valence electrons. The maximum atomic E-state index is 10.6. The Morgan fingerprint density at radius 3 is 2.39 bits per heavy atom. The number of hydrogen-bond donors (Lipinski definition) is 0. The van der Waals surface area contributed by atoms with Crippen LogP contribution in [0.3, 0.4) is 0 Å². The van der Waals surface area contributed by atoms with Crippen LogP contribution in [0.4, 0.5) is 5.69 Å². The average Bonchev–Trinajstić information content (AvgIpc) is 2.34. The third kappa shape index (κ3) is 3.11. The zero-order valence-corrected chi connectivity index (χ0v) is 11.9. The van der Waals surface area contributed by atoms with Crippen LogP contribution in [-0.2, 0) is 0 Å². The van der Waals surface area contributed by atoms with Crippen LogP contribution < -0.4 is 4.74 Å². The van der Waals surface area contributed by atoms with Crippen LogP contribution in [0.2, 0.25) is 5.02 Å². The molecule has 2 aromatic carbocycles. The molecule has 0 spiro atoms. The van der Waals surface area contributed by atoms with Crippen molar-refractivity contribution in [1.29, 1.82) is 0 Å². The zero-order chi connectivity index (χ0) is 13.1. The van der Waals surface area contributed by atoms with Gasteiger partial charge in [0.25, 0.3) is 5.69 Å². The Labute approximate surface area is 122 Å². The lowest BCUT2D eigenvalue weighted by Crippen LogP contribution is -1.90. The van der Waals surface area contributed by atoms with Gasteiger partial charge in [-0.05, 0) is 52.9 Å². The molecule has 0 aliphatic heterocycles. The zero-order valence-electron chi connectivity index (χ0n) is 8.97. The summed E-state index contributed by atoms with van der Waals surface area (Å²) in [6.07, 6.45) is 0. The molecule has 2 aromatic rings. The monoisotopic (exact) mass is 375 g/mol. The molecule has 0 amide bonds. The number of nitrogens with zero attached hydrogens (tertiary/aromatic N) is 1. The summed E-state index contributed by atoms with van der Waals surface area (Å²) in [6, 6.07) is 11.5. The van der Waals surface area contributed by atoms with Gasteiger partial charge in [-0.3, -0.25) is 10.1 Å². The van der Waals surface area contributed by atoms with E-state index in [9.17, 15) is 10.1 Å². The average molecular weight is 376 g/mol. The molecule has 0 radical (unpaired) electrons. The van der Waals surface area contributed by atoms with Crippen molar-refractivity contribution in [3.8, 4) is 11.5 Å². The third-order valence-corrected chi connectivity index (χ3v) is 3.18. The molecular formula is C12H7ClINO3. The Morgan fingerprint density at radius 1 is 1.17 bits per heavy atom. The maximum Gasteiger partial charge on any atom is 0.271 e. The summed E-state index contributed by atoms with van der Waals surface area (Å²) in [5, 5.41) is 10.8. The Kier molecular flexibility index (Phi) is 4.03. The van der Waals surface area contributed by atoms with Gasteiger partial charge in [0, 0.05) is 15.7 Å². The summed E-state index contributed by atoms with van der Waals surface area (Å²) in [6.45, 7) is 0. The van der Waals surface area contributed by atoms with Gasteiger partial charge in [-0.1, -0.05) is 11.6 Å². The molecular weight excluding hydrogens is 368 g/mol. The van der Waals surface area contributed by atoms with E-state index in [1.807, 2.05) is 12.1 Å². The highest BCUT2D eigenvalue weighted by Gasteiger charge is 2.10. The number of hydrogen-bond acceptors (Lipinski definition) is 3. The molecule has 0 saturated heterocycles. The largest absolute Gasteiger partial charge is 0.456 e. The van der Waals surface area contributed by atoms with E-state index < -0.39 is 4.92 Å². The summed E-state index contributed by atoms with van der Waals surface area (Å²) in [5.41, 5.74) is -0.0602. The summed E-state index contributed by atoms with van der Waals surface area (Å²) < 4.78 is 6.63. The first-order valence-electron chi connectivity index (χ1n) is 4.93. The van der Waals surface area contributed by atoms with Gasteiger partial charge in [-0.25, -0.2) is 0 Å². The van der Waals surface area contributed by atoms with Crippen molar-refractivity contribution >= 4 is 39.9 Å². The fourth-order valence-electron chi connectivity index (χ4n) is 1.32.